The van der Waals surface area contributed by atoms with E-state index in [-0.39, 0.29) is 6.04 Å². The molecule has 0 saturated heterocycles. The quantitative estimate of drug-likeness (QED) is 0.195. The Morgan fingerprint density at radius 2 is 1.52 bits per heavy atom. The molecule has 0 aliphatic heterocycles. The fraction of sp³-hybridized carbons (Fsp3) is 0.577. The fourth-order valence-corrected chi connectivity index (χ4v) is 19.1. The van der Waals surface area contributed by atoms with E-state index in [1.807, 2.05) is 12.1 Å². The van der Waals surface area contributed by atoms with Gasteiger partial charge in [0.15, 0.2) is 0 Å². The Labute approximate surface area is 184 Å². The van der Waals surface area contributed by atoms with Gasteiger partial charge in [0.2, 0.25) is 0 Å². The molecule has 160 valence electrons. The molecule has 0 amide bonds. The average molecular weight is 501 g/mol. The Morgan fingerprint density at radius 1 is 0.966 bits per heavy atom. The molecule has 1 aromatic carbocycles. The molecular formula is C26H42N2Sn. The van der Waals surface area contributed by atoms with Crippen LogP contribution in [-0.2, 0) is 0 Å². The van der Waals surface area contributed by atoms with Crippen molar-refractivity contribution in [1.29, 1.82) is 5.26 Å². The first-order valence-electron chi connectivity index (χ1n) is 11.7. The third-order valence-electron chi connectivity index (χ3n) is 5.91. The van der Waals surface area contributed by atoms with Gasteiger partial charge in [-0.25, -0.2) is 0 Å². The second kappa shape index (κ2) is 15.6. The van der Waals surface area contributed by atoms with E-state index < -0.39 is 18.4 Å². The monoisotopic (exact) mass is 502 g/mol. The molecule has 1 atom stereocenters. The van der Waals surface area contributed by atoms with E-state index in [4.69, 9.17) is 5.26 Å². The summed E-state index contributed by atoms with van der Waals surface area (Å²) in [4.78, 5) is 0. The summed E-state index contributed by atoms with van der Waals surface area (Å²) in [5, 5.41) is 12.6. The van der Waals surface area contributed by atoms with Crippen molar-refractivity contribution in [3.05, 3.63) is 59.8 Å². The predicted molar refractivity (Wildman–Crippen MR) is 131 cm³/mol. The van der Waals surface area contributed by atoms with E-state index in [1.165, 1.54) is 48.5 Å². The van der Waals surface area contributed by atoms with Gasteiger partial charge in [-0.2, -0.15) is 0 Å². The molecule has 0 fully saturated rings. The number of rotatable bonds is 15. The molecule has 29 heavy (non-hydrogen) atoms. The zero-order valence-corrected chi connectivity index (χ0v) is 22.1. The molecule has 1 N–H and O–H groups in total. The Morgan fingerprint density at radius 3 is 1.97 bits per heavy atom. The van der Waals surface area contributed by atoms with Crippen LogP contribution in [0, 0.1) is 11.3 Å². The molecule has 2 nitrogen and oxygen atoms in total. The Kier molecular flexibility index (Phi) is 13.9. The van der Waals surface area contributed by atoms with Crippen LogP contribution in [0.15, 0.2) is 48.7 Å². The van der Waals surface area contributed by atoms with Crippen LogP contribution in [0.1, 0.15) is 83.4 Å². The van der Waals surface area contributed by atoms with Crippen molar-refractivity contribution >= 4 is 18.4 Å². The van der Waals surface area contributed by atoms with Gasteiger partial charge in [-0.3, -0.25) is 0 Å². The van der Waals surface area contributed by atoms with Crippen LogP contribution in [-0.4, -0.2) is 18.4 Å². The Bertz CT molecular complexity index is 618. The van der Waals surface area contributed by atoms with Crippen LogP contribution < -0.4 is 5.32 Å². The molecule has 0 spiro atoms. The standard InChI is InChI=1S/C14H15N2.3C4H9.Sn/c1-3-5-14(16-10-4-2)13-8-6-12(11-15)7-9-13;3*1-3-4-2;/h3-10,14,16H,2H2,1H3;3*1,3-4H2,2H3;/b5-3+,10-4+;;;;. The van der Waals surface area contributed by atoms with Gasteiger partial charge in [-0.15, -0.1) is 0 Å². The molecule has 1 unspecified atom stereocenters. The number of hydrogen-bond donors (Lipinski definition) is 1. The summed E-state index contributed by atoms with van der Waals surface area (Å²) >= 11 is -2.08. The van der Waals surface area contributed by atoms with Crippen LogP contribution >= 0.6 is 0 Å². The van der Waals surface area contributed by atoms with Gasteiger partial charge < -0.3 is 0 Å². The van der Waals surface area contributed by atoms with Crippen molar-refractivity contribution in [1.82, 2.24) is 5.32 Å². The number of nitriles is 1. The summed E-state index contributed by atoms with van der Waals surface area (Å²) in [6.45, 7) is 9.08. The molecule has 0 aromatic heterocycles. The number of unbranched alkanes of at least 4 members (excludes halogenated alkanes) is 3. The van der Waals surface area contributed by atoms with Crippen molar-refractivity contribution in [3.63, 3.8) is 0 Å². The van der Waals surface area contributed by atoms with Crippen LogP contribution in [0.2, 0.25) is 17.7 Å². The Balaban J connectivity index is 2.83. The summed E-state index contributed by atoms with van der Waals surface area (Å²) in [6.07, 6.45) is 17.2. The van der Waals surface area contributed by atoms with Crippen LogP contribution in [0.5, 0.6) is 0 Å². The average Bonchev–Trinajstić information content (AvgIpc) is 2.76. The normalized spacial score (nSPS) is 13.1. The molecule has 1 rings (SSSR count). The van der Waals surface area contributed by atoms with Crippen LogP contribution in [0.4, 0.5) is 0 Å². The van der Waals surface area contributed by atoms with Gasteiger partial charge >= 0.3 is 185 Å². The van der Waals surface area contributed by atoms with Crippen LogP contribution in [0.3, 0.4) is 0 Å². The van der Waals surface area contributed by atoms with E-state index >= 15 is 0 Å². The van der Waals surface area contributed by atoms with Gasteiger partial charge in [0.25, 0.3) is 0 Å². The number of nitrogens with zero attached hydrogens (tertiary/aromatic N) is 1. The number of benzene rings is 1. The molecule has 0 heterocycles. The first kappa shape index (κ1) is 25.8. The second-order valence-electron chi connectivity index (χ2n) is 8.32. The summed E-state index contributed by atoms with van der Waals surface area (Å²) in [6, 6.07) is 10.3. The molecule has 0 saturated carbocycles. The van der Waals surface area contributed by atoms with Crippen LogP contribution in [0.25, 0.3) is 0 Å². The minimum absolute atomic E-state index is 0.163. The van der Waals surface area contributed by atoms with Crippen molar-refractivity contribution in [2.24, 2.45) is 0 Å². The molecule has 0 aliphatic rings. The van der Waals surface area contributed by atoms with Gasteiger partial charge in [0.1, 0.15) is 0 Å². The zero-order chi connectivity index (χ0) is 21.4. The molecular weight excluding hydrogens is 459 g/mol. The van der Waals surface area contributed by atoms with Crippen molar-refractivity contribution in [3.8, 4) is 6.07 Å². The van der Waals surface area contributed by atoms with E-state index in [9.17, 15) is 0 Å². The number of hydrogen-bond acceptors (Lipinski definition) is 2. The molecule has 0 radical (unpaired) electrons. The van der Waals surface area contributed by atoms with Crippen molar-refractivity contribution in [2.75, 3.05) is 0 Å². The third kappa shape index (κ3) is 9.89. The van der Waals surface area contributed by atoms with E-state index in [0.29, 0.717) is 5.56 Å². The maximum absolute atomic E-state index is 9.02. The third-order valence-corrected chi connectivity index (χ3v) is 21.2. The van der Waals surface area contributed by atoms with Crippen molar-refractivity contribution in [2.45, 2.75) is 90.0 Å². The number of allylic oxidation sites excluding steroid dienone is 2. The van der Waals surface area contributed by atoms with E-state index in [1.54, 1.807) is 13.3 Å². The predicted octanol–water partition coefficient (Wildman–Crippen LogP) is 8.13. The van der Waals surface area contributed by atoms with E-state index in [0.717, 1.165) is 0 Å². The molecule has 0 bridgehead atoms. The van der Waals surface area contributed by atoms with E-state index in [2.05, 4.69) is 75.6 Å². The summed E-state index contributed by atoms with van der Waals surface area (Å²) in [7, 11) is 0. The first-order chi connectivity index (χ1) is 14.1. The van der Waals surface area contributed by atoms with Gasteiger partial charge in [0.05, 0.1) is 0 Å². The second-order valence-corrected chi connectivity index (χ2v) is 22.3. The molecule has 3 heteroatoms. The number of nitrogens with one attached hydrogen (secondary N) is 1. The van der Waals surface area contributed by atoms with Gasteiger partial charge in [-0.1, -0.05) is 0 Å². The SMILES string of the molecule is C/C=C/C(N/C=C/[CH2][Sn]([CH2]CCC)([CH2]CCC)[CH2]CCC)c1ccc(C#N)cc1. The molecule has 0 aliphatic carbocycles. The van der Waals surface area contributed by atoms with Gasteiger partial charge in [-0.05, 0) is 0 Å². The van der Waals surface area contributed by atoms with Crippen molar-refractivity contribution < 1.29 is 0 Å². The molecule has 1 aromatic rings. The zero-order valence-electron chi connectivity index (χ0n) is 19.2. The summed E-state index contributed by atoms with van der Waals surface area (Å²) < 4.78 is 6.05. The maximum atomic E-state index is 9.02. The topological polar surface area (TPSA) is 35.8 Å². The summed E-state index contributed by atoms with van der Waals surface area (Å²) in [5.74, 6) is 0. The fourth-order valence-electron chi connectivity index (χ4n) is 4.04. The van der Waals surface area contributed by atoms with Gasteiger partial charge in [0, 0.05) is 0 Å². The first-order valence-corrected chi connectivity index (χ1v) is 19.8. The minimum atomic E-state index is -2.08. The Hall–Kier alpha value is -1.21. The summed E-state index contributed by atoms with van der Waals surface area (Å²) in [5.41, 5.74) is 1.91.